The number of anilines is 1. The topological polar surface area (TPSA) is 59.9 Å². The van der Waals surface area contributed by atoms with Crippen LogP contribution in [0.25, 0.3) is 0 Å². The van der Waals surface area contributed by atoms with E-state index in [1.54, 1.807) is 0 Å². The van der Waals surface area contributed by atoms with E-state index in [1.165, 1.54) is 32.2 Å². The number of aromatic nitrogens is 2. The molecule has 1 aromatic rings. The van der Waals surface area contributed by atoms with E-state index in [0.717, 1.165) is 57.7 Å². The van der Waals surface area contributed by atoms with Crippen molar-refractivity contribution in [2.45, 2.75) is 25.7 Å². The molecule has 7 nitrogen and oxygen atoms in total. The van der Waals surface area contributed by atoms with Gasteiger partial charge in [0.2, 0.25) is 5.95 Å². The van der Waals surface area contributed by atoms with Gasteiger partial charge < -0.3 is 15.1 Å². The highest BCUT2D eigenvalue weighted by Gasteiger charge is 2.43. The van der Waals surface area contributed by atoms with E-state index in [1.807, 2.05) is 25.5 Å². The molecule has 150 valence electrons. The predicted molar refractivity (Wildman–Crippen MR) is 120 cm³/mol. The molecule has 0 bridgehead atoms. The normalized spacial score (nSPS) is 22.5. The Labute approximate surface area is 179 Å². The molecular formula is C19H32IN7. The van der Waals surface area contributed by atoms with Gasteiger partial charge in [0.15, 0.2) is 5.96 Å². The number of piperazine rings is 1. The minimum absolute atomic E-state index is 0. The maximum atomic E-state index is 4.52. The lowest BCUT2D eigenvalue weighted by molar-refractivity contribution is 0.151. The summed E-state index contributed by atoms with van der Waals surface area (Å²) in [5, 5.41) is 3.58. The number of likely N-dealkylation sites (tertiary alicyclic amines) is 1. The van der Waals surface area contributed by atoms with Gasteiger partial charge in [-0.2, -0.15) is 0 Å². The van der Waals surface area contributed by atoms with Crippen molar-refractivity contribution in [1.82, 2.24) is 25.1 Å². The van der Waals surface area contributed by atoms with Crippen molar-refractivity contribution in [3.8, 4) is 0 Å². The van der Waals surface area contributed by atoms with Gasteiger partial charge >= 0.3 is 0 Å². The van der Waals surface area contributed by atoms with E-state index < -0.39 is 0 Å². The lowest BCUT2D eigenvalue weighted by atomic mass is 9.68. The zero-order valence-corrected chi connectivity index (χ0v) is 18.6. The van der Waals surface area contributed by atoms with Gasteiger partial charge in [0, 0.05) is 71.8 Å². The standard InChI is InChI=1S/C19H31N7.HI/c1-20-17(26-10-6-19(16-26)4-2-5-19)23-9-11-24-12-14-25(15-13-24)18-21-7-3-8-22-18;/h3,7-8H,2,4-6,9-16H2,1H3,(H,20,23);1H. The summed E-state index contributed by atoms with van der Waals surface area (Å²) in [6.45, 7) is 8.48. The number of nitrogens with one attached hydrogen (secondary N) is 1. The van der Waals surface area contributed by atoms with E-state index in [4.69, 9.17) is 0 Å². The van der Waals surface area contributed by atoms with Crippen molar-refractivity contribution in [3.05, 3.63) is 18.5 Å². The fourth-order valence-corrected chi connectivity index (χ4v) is 4.48. The lowest BCUT2D eigenvalue weighted by Gasteiger charge is -2.38. The number of guanidine groups is 1. The first-order chi connectivity index (χ1) is 12.8. The summed E-state index contributed by atoms with van der Waals surface area (Å²) in [6.07, 6.45) is 9.22. The van der Waals surface area contributed by atoms with Crippen LogP contribution in [0.4, 0.5) is 5.95 Å². The van der Waals surface area contributed by atoms with Crippen LogP contribution >= 0.6 is 24.0 Å². The third-order valence-electron chi connectivity index (χ3n) is 6.28. The number of hydrogen-bond donors (Lipinski definition) is 1. The Morgan fingerprint density at radius 2 is 1.85 bits per heavy atom. The minimum Gasteiger partial charge on any atom is -0.355 e. The van der Waals surface area contributed by atoms with Crippen LogP contribution in [0, 0.1) is 5.41 Å². The monoisotopic (exact) mass is 485 g/mol. The molecule has 0 unspecified atom stereocenters. The number of rotatable bonds is 4. The highest BCUT2D eigenvalue weighted by atomic mass is 127. The SMILES string of the molecule is CN=C(NCCN1CCN(c2ncccn2)CC1)N1CCC2(CCC2)C1.I. The molecule has 2 aliphatic heterocycles. The Morgan fingerprint density at radius 3 is 2.44 bits per heavy atom. The molecular weight excluding hydrogens is 453 g/mol. The first-order valence-electron chi connectivity index (χ1n) is 9.98. The van der Waals surface area contributed by atoms with E-state index in [2.05, 4.69) is 35.0 Å². The van der Waals surface area contributed by atoms with Gasteiger partial charge in [-0.05, 0) is 30.7 Å². The highest BCUT2D eigenvalue weighted by Crippen LogP contribution is 2.47. The summed E-state index contributed by atoms with van der Waals surface area (Å²) < 4.78 is 0. The fraction of sp³-hybridized carbons (Fsp3) is 0.737. The van der Waals surface area contributed by atoms with Crippen LogP contribution in [0.5, 0.6) is 0 Å². The first kappa shape index (κ1) is 20.6. The van der Waals surface area contributed by atoms with Crippen molar-refractivity contribution in [2.24, 2.45) is 10.4 Å². The van der Waals surface area contributed by atoms with E-state index in [-0.39, 0.29) is 24.0 Å². The van der Waals surface area contributed by atoms with Gasteiger partial charge in [0.25, 0.3) is 0 Å². The second kappa shape index (κ2) is 9.36. The fourth-order valence-electron chi connectivity index (χ4n) is 4.48. The number of nitrogens with zero attached hydrogens (tertiary/aromatic N) is 6. The molecule has 1 aliphatic carbocycles. The van der Waals surface area contributed by atoms with Gasteiger partial charge in [0.05, 0.1) is 0 Å². The van der Waals surface area contributed by atoms with Crippen molar-refractivity contribution in [3.63, 3.8) is 0 Å². The molecule has 2 saturated heterocycles. The van der Waals surface area contributed by atoms with E-state index in [0.29, 0.717) is 5.41 Å². The van der Waals surface area contributed by atoms with Crippen molar-refractivity contribution < 1.29 is 0 Å². The van der Waals surface area contributed by atoms with Gasteiger partial charge in [-0.25, -0.2) is 9.97 Å². The smallest absolute Gasteiger partial charge is 0.225 e. The number of halogens is 1. The van der Waals surface area contributed by atoms with Gasteiger partial charge in [-0.15, -0.1) is 24.0 Å². The lowest BCUT2D eigenvalue weighted by Crippen LogP contribution is -2.50. The van der Waals surface area contributed by atoms with Gasteiger partial charge in [-0.1, -0.05) is 6.42 Å². The molecule has 1 N–H and O–H groups in total. The maximum absolute atomic E-state index is 4.52. The Morgan fingerprint density at radius 1 is 1.11 bits per heavy atom. The summed E-state index contributed by atoms with van der Waals surface area (Å²) in [6, 6.07) is 1.87. The molecule has 3 aliphatic rings. The molecule has 4 rings (SSSR count). The molecule has 27 heavy (non-hydrogen) atoms. The van der Waals surface area contributed by atoms with E-state index in [9.17, 15) is 0 Å². The Kier molecular flexibility index (Phi) is 7.13. The van der Waals surface area contributed by atoms with Crippen LogP contribution in [-0.4, -0.2) is 85.1 Å². The average molecular weight is 485 g/mol. The molecule has 0 aromatic carbocycles. The first-order valence-corrected chi connectivity index (χ1v) is 9.98. The largest absolute Gasteiger partial charge is 0.355 e. The van der Waals surface area contributed by atoms with Crippen LogP contribution in [0.1, 0.15) is 25.7 Å². The van der Waals surface area contributed by atoms with Gasteiger partial charge in [0.1, 0.15) is 0 Å². The van der Waals surface area contributed by atoms with Crippen LogP contribution in [0.3, 0.4) is 0 Å². The molecule has 3 heterocycles. The van der Waals surface area contributed by atoms with Crippen LogP contribution in [-0.2, 0) is 0 Å². The third-order valence-corrected chi connectivity index (χ3v) is 6.28. The Bertz CT molecular complexity index is 612. The van der Waals surface area contributed by atoms with Crippen LogP contribution < -0.4 is 10.2 Å². The molecule has 0 amide bonds. The molecule has 0 atom stereocenters. The van der Waals surface area contributed by atoms with Crippen molar-refractivity contribution in [1.29, 1.82) is 0 Å². The molecule has 0 radical (unpaired) electrons. The summed E-state index contributed by atoms with van der Waals surface area (Å²) in [5.41, 5.74) is 0.619. The predicted octanol–water partition coefficient (Wildman–Crippen LogP) is 1.67. The Hall–Kier alpha value is -1.16. The quantitative estimate of drug-likeness (QED) is 0.398. The molecule has 1 spiro atoms. The molecule has 3 fully saturated rings. The second-order valence-corrected chi connectivity index (χ2v) is 7.88. The van der Waals surface area contributed by atoms with E-state index >= 15 is 0 Å². The van der Waals surface area contributed by atoms with Crippen molar-refractivity contribution in [2.75, 3.05) is 64.3 Å². The minimum atomic E-state index is 0. The number of hydrogen-bond acceptors (Lipinski definition) is 5. The maximum Gasteiger partial charge on any atom is 0.225 e. The van der Waals surface area contributed by atoms with Crippen LogP contribution in [0.15, 0.2) is 23.5 Å². The van der Waals surface area contributed by atoms with Gasteiger partial charge in [-0.3, -0.25) is 9.89 Å². The third kappa shape index (κ3) is 4.82. The molecule has 8 heteroatoms. The summed E-state index contributed by atoms with van der Waals surface area (Å²) >= 11 is 0. The van der Waals surface area contributed by atoms with Crippen LogP contribution in [0.2, 0.25) is 0 Å². The van der Waals surface area contributed by atoms with Crippen molar-refractivity contribution >= 4 is 35.9 Å². The summed E-state index contributed by atoms with van der Waals surface area (Å²) in [5.74, 6) is 1.94. The average Bonchev–Trinajstić information content (AvgIpc) is 3.13. The Balaban J connectivity index is 0.00000210. The second-order valence-electron chi connectivity index (χ2n) is 7.88. The summed E-state index contributed by atoms with van der Waals surface area (Å²) in [4.78, 5) is 20.5. The summed E-state index contributed by atoms with van der Waals surface area (Å²) in [7, 11) is 1.91. The zero-order chi connectivity index (χ0) is 17.8. The number of aliphatic imine (C=N–C) groups is 1. The highest BCUT2D eigenvalue weighted by molar-refractivity contribution is 14.0. The zero-order valence-electron chi connectivity index (χ0n) is 16.3. The molecule has 1 aromatic heterocycles. The molecule has 1 saturated carbocycles.